The zero-order valence-corrected chi connectivity index (χ0v) is 12.1. The van der Waals surface area contributed by atoms with Crippen LogP contribution in [-0.4, -0.2) is 14.4 Å². The number of imidazole rings is 1. The van der Waals surface area contributed by atoms with E-state index in [1.807, 2.05) is 35.7 Å². The van der Waals surface area contributed by atoms with Crippen LogP contribution in [0.3, 0.4) is 0 Å². The Morgan fingerprint density at radius 2 is 2.25 bits per heavy atom. The maximum absolute atomic E-state index is 11.6. The van der Waals surface area contributed by atoms with Gasteiger partial charge in [0.05, 0.1) is 6.20 Å². The van der Waals surface area contributed by atoms with Gasteiger partial charge >= 0.3 is 0 Å². The summed E-state index contributed by atoms with van der Waals surface area (Å²) in [5.41, 5.74) is 3.02. The minimum atomic E-state index is -0.362. The third-order valence-electron chi connectivity index (χ3n) is 3.13. The normalized spacial score (nSPS) is 10.7. The number of aromatic amines is 1. The molecule has 0 aliphatic rings. The summed E-state index contributed by atoms with van der Waals surface area (Å²) in [6, 6.07) is 7.31. The topological polar surface area (TPSA) is 73.9 Å². The molecule has 3 aromatic heterocycles. The fraction of sp³-hybridized carbons (Fsp3) is 0.0714. The van der Waals surface area contributed by atoms with E-state index < -0.39 is 0 Å². The van der Waals surface area contributed by atoms with Gasteiger partial charge in [-0.05, 0) is 41.1 Å². The Balaban J connectivity index is 2.27. The molecule has 3 aromatic rings. The number of nitrogens with one attached hydrogen (secondary N) is 1. The lowest BCUT2D eigenvalue weighted by Crippen LogP contribution is -2.12. The predicted octanol–water partition coefficient (Wildman–Crippen LogP) is 2.63. The smallest absolute Gasteiger partial charge is 0.266 e. The Kier molecular flexibility index (Phi) is 2.92. The van der Waals surface area contributed by atoms with Gasteiger partial charge in [-0.25, -0.2) is 4.98 Å². The second-order valence-electron chi connectivity index (χ2n) is 4.39. The summed E-state index contributed by atoms with van der Waals surface area (Å²) in [6.45, 7) is 1.81. The molecule has 5 nitrogen and oxygen atoms in total. The van der Waals surface area contributed by atoms with Gasteiger partial charge in [0.25, 0.3) is 5.56 Å². The average molecular weight is 329 g/mol. The highest BCUT2D eigenvalue weighted by molar-refractivity contribution is 9.10. The maximum atomic E-state index is 11.6. The first-order valence-corrected chi connectivity index (χ1v) is 6.66. The van der Waals surface area contributed by atoms with Gasteiger partial charge < -0.3 is 4.98 Å². The van der Waals surface area contributed by atoms with E-state index in [1.54, 1.807) is 12.3 Å². The fourth-order valence-electron chi connectivity index (χ4n) is 2.12. The minimum Gasteiger partial charge on any atom is -0.325 e. The van der Waals surface area contributed by atoms with E-state index >= 15 is 0 Å². The van der Waals surface area contributed by atoms with Crippen LogP contribution < -0.4 is 5.56 Å². The van der Waals surface area contributed by atoms with E-state index in [9.17, 15) is 4.79 Å². The van der Waals surface area contributed by atoms with Crippen molar-refractivity contribution < 1.29 is 0 Å². The molecule has 0 saturated heterocycles. The molecule has 3 heterocycles. The molecule has 1 N–H and O–H groups in total. The van der Waals surface area contributed by atoms with E-state index in [1.165, 1.54) is 0 Å². The van der Waals surface area contributed by atoms with Crippen LogP contribution in [-0.2, 0) is 0 Å². The van der Waals surface area contributed by atoms with Gasteiger partial charge in [-0.15, -0.1) is 0 Å². The molecular formula is C14H9BrN4O. The van der Waals surface area contributed by atoms with Crippen molar-refractivity contribution in [1.29, 1.82) is 5.26 Å². The van der Waals surface area contributed by atoms with E-state index in [0.29, 0.717) is 0 Å². The molecule has 0 unspecified atom stereocenters. The molecule has 0 aliphatic heterocycles. The van der Waals surface area contributed by atoms with Gasteiger partial charge in [0.2, 0.25) is 0 Å². The fourth-order valence-corrected chi connectivity index (χ4v) is 2.50. The Bertz CT molecular complexity index is 917. The highest BCUT2D eigenvalue weighted by atomic mass is 79.9. The van der Waals surface area contributed by atoms with Crippen molar-refractivity contribution >= 4 is 21.6 Å². The molecule has 6 heteroatoms. The summed E-state index contributed by atoms with van der Waals surface area (Å²) in [6.07, 6.45) is 3.63. The van der Waals surface area contributed by atoms with E-state index in [2.05, 4.69) is 25.9 Å². The molecule has 0 spiro atoms. The number of aromatic nitrogens is 3. The van der Waals surface area contributed by atoms with Gasteiger partial charge in [0, 0.05) is 23.0 Å². The van der Waals surface area contributed by atoms with Crippen LogP contribution in [0.2, 0.25) is 0 Å². The first-order chi connectivity index (χ1) is 9.60. The van der Waals surface area contributed by atoms with Crippen LogP contribution in [0.4, 0.5) is 0 Å². The molecule has 0 fully saturated rings. The standard InChI is InChI=1S/C14H9BrN4O/c1-8-11(4-10(5-16)14(20)18-8)9-2-3-13-17-6-12(15)19(13)7-9/h2-4,6-7H,1H3,(H,18,20). The average Bonchev–Trinajstić information content (AvgIpc) is 2.80. The number of H-pyrrole nitrogens is 1. The Labute approximate surface area is 122 Å². The third kappa shape index (κ3) is 1.92. The molecule has 0 aliphatic carbocycles. The minimum absolute atomic E-state index is 0.107. The largest absolute Gasteiger partial charge is 0.325 e. The first-order valence-electron chi connectivity index (χ1n) is 5.87. The molecular weight excluding hydrogens is 320 g/mol. The van der Waals surface area contributed by atoms with Gasteiger partial charge in [-0.3, -0.25) is 9.20 Å². The summed E-state index contributed by atoms with van der Waals surface area (Å²) < 4.78 is 2.74. The van der Waals surface area contributed by atoms with E-state index in [4.69, 9.17) is 5.26 Å². The summed E-state index contributed by atoms with van der Waals surface area (Å²) in [4.78, 5) is 18.5. The van der Waals surface area contributed by atoms with Crippen molar-refractivity contribution in [1.82, 2.24) is 14.4 Å². The lowest BCUT2D eigenvalue weighted by atomic mass is 10.0. The Morgan fingerprint density at radius 3 is 3.00 bits per heavy atom. The van der Waals surface area contributed by atoms with Crippen molar-refractivity contribution in [2.75, 3.05) is 0 Å². The van der Waals surface area contributed by atoms with Gasteiger partial charge in [0.15, 0.2) is 0 Å². The monoisotopic (exact) mass is 328 g/mol. The number of halogens is 1. The maximum Gasteiger partial charge on any atom is 0.266 e. The number of nitrogens with zero attached hydrogens (tertiary/aromatic N) is 3. The summed E-state index contributed by atoms with van der Waals surface area (Å²) in [5.74, 6) is 0. The van der Waals surface area contributed by atoms with Crippen molar-refractivity contribution in [3.8, 4) is 17.2 Å². The number of nitriles is 1. The number of aryl methyl sites for hydroxylation is 1. The Hall–Kier alpha value is -2.39. The third-order valence-corrected chi connectivity index (χ3v) is 3.72. The lowest BCUT2D eigenvalue weighted by molar-refractivity contribution is 1.12. The number of hydrogen-bond acceptors (Lipinski definition) is 3. The molecule has 0 saturated carbocycles. The van der Waals surface area contributed by atoms with Crippen LogP contribution in [0, 0.1) is 18.3 Å². The van der Waals surface area contributed by atoms with Gasteiger partial charge in [-0.1, -0.05) is 0 Å². The summed E-state index contributed by atoms with van der Waals surface area (Å²) >= 11 is 3.42. The van der Waals surface area contributed by atoms with E-state index in [-0.39, 0.29) is 11.1 Å². The zero-order valence-electron chi connectivity index (χ0n) is 10.5. The second kappa shape index (κ2) is 4.62. The predicted molar refractivity (Wildman–Crippen MR) is 78.4 cm³/mol. The van der Waals surface area contributed by atoms with Crippen LogP contribution >= 0.6 is 15.9 Å². The summed E-state index contributed by atoms with van der Waals surface area (Å²) in [5, 5.41) is 8.97. The molecule has 20 heavy (non-hydrogen) atoms. The molecule has 0 bridgehead atoms. The van der Waals surface area contributed by atoms with E-state index in [0.717, 1.165) is 27.1 Å². The number of fused-ring (bicyclic) bond motifs is 1. The molecule has 0 aromatic carbocycles. The zero-order chi connectivity index (χ0) is 14.3. The van der Waals surface area contributed by atoms with Crippen LogP contribution in [0.1, 0.15) is 11.3 Å². The van der Waals surface area contributed by atoms with Crippen molar-refractivity contribution in [2.45, 2.75) is 6.92 Å². The van der Waals surface area contributed by atoms with Gasteiger partial charge in [0.1, 0.15) is 21.9 Å². The highest BCUT2D eigenvalue weighted by Gasteiger charge is 2.09. The number of rotatable bonds is 1. The molecule has 0 amide bonds. The quantitative estimate of drug-likeness (QED) is 0.746. The first kappa shape index (κ1) is 12.6. The van der Waals surface area contributed by atoms with Crippen molar-refractivity contribution in [3.05, 3.63) is 56.8 Å². The van der Waals surface area contributed by atoms with Crippen LogP contribution in [0.15, 0.2) is 40.0 Å². The SMILES string of the molecule is Cc1[nH]c(=O)c(C#N)cc1-c1ccc2ncc(Br)n2c1. The van der Waals surface area contributed by atoms with Crippen molar-refractivity contribution in [3.63, 3.8) is 0 Å². The second-order valence-corrected chi connectivity index (χ2v) is 5.20. The molecule has 98 valence electrons. The molecule has 0 atom stereocenters. The summed E-state index contributed by atoms with van der Waals surface area (Å²) in [7, 11) is 0. The highest BCUT2D eigenvalue weighted by Crippen LogP contribution is 2.24. The van der Waals surface area contributed by atoms with Crippen LogP contribution in [0.25, 0.3) is 16.8 Å². The van der Waals surface area contributed by atoms with Crippen molar-refractivity contribution in [2.24, 2.45) is 0 Å². The molecule has 0 radical (unpaired) electrons. The van der Waals surface area contributed by atoms with Gasteiger partial charge in [-0.2, -0.15) is 5.26 Å². The Morgan fingerprint density at radius 1 is 1.45 bits per heavy atom. The number of pyridine rings is 2. The molecule has 3 rings (SSSR count). The van der Waals surface area contributed by atoms with Crippen LogP contribution in [0.5, 0.6) is 0 Å². The number of hydrogen-bond donors (Lipinski definition) is 1. The lowest BCUT2D eigenvalue weighted by Gasteiger charge is -2.07.